The molecule has 0 bridgehead atoms. The van der Waals surface area contributed by atoms with Crippen molar-refractivity contribution < 1.29 is 19.4 Å². The van der Waals surface area contributed by atoms with Gasteiger partial charge in [-0.1, -0.05) is 0 Å². The van der Waals surface area contributed by atoms with Crippen molar-refractivity contribution in [3.63, 3.8) is 0 Å². The van der Waals surface area contributed by atoms with Crippen LogP contribution in [0.4, 0.5) is 5.69 Å². The fourth-order valence-electron chi connectivity index (χ4n) is 4.37. The molecule has 1 aromatic carbocycles. The van der Waals surface area contributed by atoms with Crippen LogP contribution in [0.1, 0.15) is 42.8 Å². The number of aryl methyl sites for hydroxylation is 1. The number of carboxylic acids is 1. The summed E-state index contributed by atoms with van der Waals surface area (Å²) in [5.41, 5.74) is 4.71. The maximum absolute atomic E-state index is 11.6. The zero-order valence-electron chi connectivity index (χ0n) is 20.1. The number of fused-ring (bicyclic) bond motifs is 2. The highest BCUT2D eigenvalue weighted by Crippen LogP contribution is 2.28. The molecule has 2 N–H and O–H groups in total. The summed E-state index contributed by atoms with van der Waals surface area (Å²) in [7, 11) is 0. The van der Waals surface area contributed by atoms with Crippen LogP contribution in [0.3, 0.4) is 0 Å². The van der Waals surface area contributed by atoms with Crippen LogP contribution in [0.15, 0.2) is 48.9 Å². The molecule has 0 spiro atoms. The molecule has 186 valence electrons. The predicted molar refractivity (Wildman–Crippen MR) is 134 cm³/mol. The number of nitrogens with one attached hydrogen (secondary N) is 1. The third-order valence-electron chi connectivity index (χ3n) is 6.10. The molecule has 0 saturated heterocycles. The van der Waals surface area contributed by atoms with Crippen LogP contribution in [-0.4, -0.2) is 55.6 Å². The summed E-state index contributed by atoms with van der Waals surface area (Å²) in [4.78, 5) is 24.8. The standard InChI is InChI=1S/C26H28N6O4/c1-2-35-26-28-14-18(15-29-26)24(13-25(33)34)32-23-8-6-20(12-17(23)16-30-32)36-11-9-19-5-7-21-22(31-19)4-3-10-27-21/h5-8,12,14-16,24,27H,2-4,9-11,13H2,1H3,(H,33,34). The number of aliphatic carboxylic acids is 1. The normalized spacial score (nSPS) is 13.6. The molecule has 10 nitrogen and oxygen atoms in total. The third-order valence-corrected chi connectivity index (χ3v) is 6.10. The highest BCUT2D eigenvalue weighted by molar-refractivity contribution is 5.81. The lowest BCUT2D eigenvalue weighted by molar-refractivity contribution is -0.137. The monoisotopic (exact) mass is 488 g/mol. The molecule has 1 unspecified atom stereocenters. The number of hydrogen-bond acceptors (Lipinski definition) is 8. The molecule has 0 saturated carbocycles. The molecule has 10 heteroatoms. The van der Waals surface area contributed by atoms with Crippen LogP contribution < -0.4 is 14.8 Å². The Hall–Kier alpha value is -4.21. The number of anilines is 1. The molecular formula is C26H28N6O4. The Kier molecular flexibility index (Phi) is 6.92. The van der Waals surface area contributed by atoms with E-state index in [9.17, 15) is 9.90 Å². The van der Waals surface area contributed by atoms with Crippen LogP contribution >= 0.6 is 0 Å². The molecule has 0 amide bonds. The fourth-order valence-corrected chi connectivity index (χ4v) is 4.37. The molecule has 5 rings (SSSR count). The number of ether oxygens (including phenoxy) is 2. The zero-order chi connectivity index (χ0) is 24.9. The van der Waals surface area contributed by atoms with Crippen molar-refractivity contribution in [1.29, 1.82) is 0 Å². The van der Waals surface area contributed by atoms with Crippen LogP contribution in [0.25, 0.3) is 10.9 Å². The molecule has 3 aromatic heterocycles. The summed E-state index contributed by atoms with van der Waals surface area (Å²) >= 11 is 0. The molecule has 1 aliphatic heterocycles. The number of carboxylic acid groups (broad SMARTS) is 1. The first kappa shape index (κ1) is 23.5. The molecule has 0 aliphatic carbocycles. The average molecular weight is 489 g/mol. The van der Waals surface area contributed by atoms with Gasteiger partial charge in [-0.05, 0) is 50.1 Å². The van der Waals surface area contributed by atoms with Crippen molar-refractivity contribution >= 4 is 22.6 Å². The largest absolute Gasteiger partial charge is 0.493 e. The molecular weight excluding hydrogens is 460 g/mol. The van der Waals surface area contributed by atoms with Gasteiger partial charge in [0, 0.05) is 42.0 Å². The summed E-state index contributed by atoms with van der Waals surface area (Å²) < 4.78 is 13.0. The number of rotatable bonds is 10. The van der Waals surface area contributed by atoms with E-state index in [-0.39, 0.29) is 12.4 Å². The summed E-state index contributed by atoms with van der Waals surface area (Å²) in [6.07, 6.45) is 7.54. The highest BCUT2D eigenvalue weighted by Gasteiger charge is 2.22. The van der Waals surface area contributed by atoms with Gasteiger partial charge in [-0.3, -0.25) is 14.5 Å². The molecule has 4 aromatic rings. The maximum atomic E-state index is 11.6. The van der Waals surface area contributed by atoms with Crippen molar-refractivity contribution in [2.45, 2.75) is 38.6 Å². The van der Waals surface area contributed by atoms with E-state index in [0.29, 0.717) is 25.2 Å². The maximum Gasteiger partial charge on any atom is 0.316 e. The Morgan fingerprint density at radius 2 is 2.03 bits per heavy atom. The molecule has 4 heterocycles. The quantitative estimate of drug-likeness (QED) is 0.344. The van der Waals surface area contributed by atoms with E-state index in [4.69, 9.17) is 14.5 Å². The lowest BCUT2D eigenvalue weighted by Gasteiger charge is -2.17. The first-order valence-corrected chi connectivity index (χ1v) is 12.1. The Labute approximate surface area is 208 Å². The first-order chi connectivity index (χ1) is 17.6. The summed E-state index contributed by atoms with van der Waals surface area (Å²) in [6.45, 7) is 3.81. The molecule has 1 aliphatic rings. The third kappa shape index (κ3) is 5.22. The van der Waals surface area contributed by atoms with Gasteiger partial charge in [0.1, 0.15) is 5.75 Å². The van der Waals surface area contributed by atoms with Gasteiger partial charge >= 0.3 is 12.0 Å². The minimum atomic E-state index is -0.941. The summed E-state index contributed by atoms with van der Waals surface area (Å²) in [5.74, 6) is -0.218. The van der Waals surface area contributed by atoms with Crippen molar-refractivity contribution in [2.75, 3.05) is 25.1 Å². The van der Waals surface area contributed by atoms with Gasteiger partial charge in [0.25, 0.3) is 0 Å². The van der Waals surface area contributed by atoms with Gasteiger partial charge in [-0.2, -0.15) is 5.10 Å². The smallest absolute Gasteiger partial charge is 0.316 e. The van der Waals surface area contributed by atoms with Crippen molar-refractivity contribution in [2.24, 2.45) is 0 Å². The highest BCUT2D eigenvalue weighted by atomic mass is 16.5. The van der Waals surface area contributed by atoms with Gasteiger partial charge in [0.05, 0.1) is 48.8 Å². The van der Waals surface area contributed by atoms with Crippen molar-refractivity contribution in [3.05, 3.63) is 65.9 Å². The van der Waals surface area contributed by atoms with Gasteiger partial charge in [-0.25, -0.2) is 9.97 Å². The minimum Gasteiger partial charge on any atom is -0.493 e. The van der Waals surface area contributed by atoms with Gasteiger partial charge < -0.3 is 19.9 Å². The van der Waals surface area contributed by atoms with E-state index in [1.54, 1.807) is 23.3 Å². The molecule has 0 fully saturated rings. The first-order valence-electron chi connectivity index (χ1n) is 12.1. The number of nitrogens with zero attached hydrogens (tertiary/aromatic N) is 5. The Morgan fingerprint density at radius 3 is 2.83 bits per heavy atom. The van der Waals surface area contributed by atoms with E-state index in [1.807, 2.05) is 31.2 Å². The van der Waals surface area contributed by atoms with E-state index in [2.05, 4.69) is 26.4 Å². The van der Waals surface area contributed by atoms with Crippen LogP contribution in [0.2, 0.25) is 0 Å². The van der Waals surface area contributed by atoms with E-state index in [0.717, 1.165) is 53.1 Å². The summed E-state index contributed by atoms with van der Waals surface area (Å²) in [6, 6.07) is 9.51. The second kappa shape index (κ2) is 10.6. The lowest BCUT2D eigenvalue weighted by Crippen LogP contribution is -2.17. The Bertz CT molecular complexity index is 1350. The van der Waals surface area contributed by atoms with E-state index < -0.39 is 12.0 Å². The molecule has 36 heavy (non-hydrogen) atoms. The number of pyridine rings is 1. The van der Waals surface area contributed by atoms with Crippen molar-refractivity contribution in [3.8, 4) is 11.8 Å². The minimum absolute atomic E-state index is 0.157. The number of benzene rings is 1. The number of hydrogen-bond donors (Lipinski definition) is 2. The van der Waals surface area contributed by atoms with Crippen LogP contribution in [-0.2, 0) is 17.6 Å². The van der Waals surface area contributed by atoms with E-state index >= 15 is 0 Å². The Morgan fingerprint density at radius 1 is 1.17 bits per heavy atom. The van der Waals surface area contributed by atoms with Crippen LogP contribution in [0, 0.1) is 0 Å². The lowest BCUT2D eigenvalue weighted by atomic mass is 10.1. The van der Waals surface area contributed by atoms with Gasteiger partial charge in [0.2, 0.25) is 0 Å². The SMILES string of the molecule is CCOc1ncc(C(CC(=O)O)n2ncc3cc(OCCc4ccc5c(n4)CCCN5)ccc32)cn1. The topological polar surface area (TPSA) is 124 Å². The zero-order valence-corrected chi connectivity index (χ0v) is 20.1. The van der Waals surface area contributed by atoms with E-state index in [1.165, 1.54) is 0 Å². The number of carbonyl (C=O) groups is 1. The Balaban J connectivity index is 1.30. The predicted octanol–water partition coefficient (Wildman–Crippen LogP) is 3.66. The second-order valence-corrected chi connectivity index (χ2v) is 8.58. The summed E-state index contributed by atoms with van der Waals surface area (Å²) in [5, 5.41) is 18.2. The van der Waals surface area contributed by atoms with Gasteiger partial charge in [-0.15, -0.1) is 0 Å². The van der Waals surface area contributed by atoms with Crippen LogP contribution in [0.5, 0.6) is 11.8 Å². The molecule has 0 radical (unpaired) electrons. The second-order valence-electron chi connectivity index (χ2n) is 8.58. The number of aromatic nitrogens is 5. The van der Waals surface area contributed by atoms with Crippen molar-refractivity contribution in [1.82, 2.24) is 24.7 Å². The fraction of sp³-hybridized carbons (Fsp3) is 0.346. The average Bonchev–Trinajstić information content (AvgIpc) is 3.31. The molecule has 1 atom stereocenters. The van der Waals surface area contributed by atoms with Gasteiger partial charge in [0.15, 0.2) is 0 Å².